The third-order valence-corrected chi connectivity index (χ3v) is 9.53. The first-order valence-electron chi connectivity index (χ1n) is 15.7. The summed E-state index contributed by atoms with van der Waals surface area (Å²) in [6, 6.07) is 31.2. The molecular weight excluding hydrogens is 580 g/mol. The summed E-state index contributed by atoms with van der Waals surface area (Å²) in [5.41, 5.74) is 5.48. The van der Waals surface area contributed by atoms with E-state index in [1.54, 1.807) is 11.9 Å². The van der Waals surface area contributed by atoms with Crippen molar-refractivity contribution in [1.82, 2.24) is 13.9 Å². The number of nitriles is 1. The van der Waals surface area contributed by atoms with Crippen LogP contribution in [0.5, 0.6) is 11.5 Å². The van der Waals surface area contributed by atoms with Crippen molar-refractivity contribution in [3.8, 4) is 40.0 Å². The smallest absolute Gasteiger partial charge is 0.151 e. The Bertz CT molecular complexity index is 1790. The van der Waals surface area contributed by atoms with Crippen molar-refractivity contribution in [3.05, 3.63) is 96.7 Å². The Morgan fingerprint density at radius 1 is 0.911 bits per heavy atom. The van der Waals surface area contributed by atoms with Crippen LogP contribution < -0.4 is 9.47 Å². The van der Waals surface area contributed by atoms with Crippen molar-refractivity contribution in [1.29, 1.82) is 5.26 Å². The van der Waals surface area contributed by atoms with Crippen molar-refractivity contribution in [3.63, 3.8) is 0 Å². The highest BCUT2D eigenvalue weighted by atomic mass is 32.2. The molecule has 7 nitrogen and oxygen atoms in total. The zero-order valence-electron chi connectivity index (χ0n) is 25.2. The van der Waals surface area contributed by atoms with Crippen molar-refractivity contribution in [2.75, 3.05) is 39.5 Å². The minimum Gasteiger partial charge on any atom is -0.492 e. The van der Waals surface area contributed by atoms with Gasteiger partial charge in [0.2, 0.25) is 0 Å². The minimum absolute atomic E-state index is 0.0674. The highest BCUT2D eigenvalue weighted by Crippen LogP contribution is 2.39. The van der Waals surface area contributed by atoms with E-state index in [0.717, 1.165) is 63.4 Å². The van der Waals surface area contributed by atoms with Gasteiger partial charge in [0.15, 0.2) is 5.65 Å². The first kappa shape index (κ1) is 29.4. The van der Waals surface area contributed by atoms with E-state index in [2.05, 4.69) is 57.4 Å². The number of aromatic nitrogens is 2. The van der Waals surface area contributed by atoms with Crippen LogP contribution in [-0.2, 0) is 4.74 Å². The van der Waals surface area contributed by atoms with Crippen LogP contribution in [0, 0.1) is 11.3 Å². The number of hydrogen-bond acceptors (Lipinski definition) is 7. The first-order valence-corrected chi connectivity index (χ1v) is 16.5. The van der Waals surface area contributed by atoms with Crippen LogP contribution in [0.2, 0.25) is 0 Å². The summed E-state index contributed by atoms with van der Waals surface area (Å²) in [7, 11) is 0. The van der Waals surface area contributed by atoms with E-state index in [1.807, 2.05) is 48.7 Å². The molecule has 3 aromatic carbocycles. The Balaban J connectivity index is 1.22. The number of rotatable bonds is 10. The van der Waals surface area contributed by atoms with Gasteiger partial charge in [-0.05, 0) is 115 Å². The van der Waals surface area contributed by atoms with Gasteiger partial charge < -0.3 is 14.2 Å². The normalized spacial score (nSPS) is 15.7. The molecule has 2 fully saturated rings. The highest BCUT2D eigenvalue weighted by molar-refractivity contribution is 7.98. The van der Waals surface area contributed by atoms with Crippen LogP contribution in [-0.4, -0.2) is 59.4 Å². The fourth-order valence-electron chi connectivity index (χ4n) is 6.09. The summed E-state index contributed by atoms with van der Waals surface area (Å²) < 4.78 is 20.0. The Kier molecular flexibility index (Phi) is 9.01. The van der Waals surface area contributed by atoms with Gasteiger partial charge in [-0.1, -0.05) is 24.3 Å². The second-order valence-electron chi connectivity index (χ2n) is 11.5. The zero-order chi connectivity index (χ0) is 30.4. The van der Waals surface area contributed by atoms with E-state index in [1.165, 1.54) is 25.9 Å². The van der Waals surface area contributed by atoms with Gasteiger partial charge in [0.05, 0.1) is 24.5 Å². The molecule has 2 saturated heterocycles. The van der Waals surface area contributed by atoms with Crippen molar-refractivity contribution < 1.29 is 14.2 Å². The average molecular weight is 617 g/mol. The number of ether oxygens (including phenoxy) is 3. The largest absolute Gasteiger partial charge is 0.492 e. The second kappa shape index (κ2) is 13.8. The number of likely N-dealkylation sites (tertiary alicyclic amines) is 1. The van der Waals surface area contributed by atoms with Crippen LogP contribution in [0.3, 0.4) is 0 Å². The molecule has 7 rings (SSSR count). The molecule has 0 unspecified atom stereocenters. The van der Waals surface area contributed by atoms with Crippen LogP contribution >= 0.6 is 11.9 Å². The number of hydrogen-bond donors (Lipinski definition) is 0. The lowest BCUT2D eigenvalue weighted by molar-refractivity contribution is 0.0254. The van der Waals surface area contributed by atoms with Gasteiger partial charge in [-0.15, -0.1) is 0 Å². The minimum atomic E-state index is 0.0674. The molecule has 228 valence electrons. The maximum Gasteiger partial charge on any atom is 0.151 e. The van der Waals surface area contributed by atoms with Crippen LogP contribution in [0.1, 0.15) is 31.2 Å². The molecule has 0 aliphatic carbocycles. The van der Waals surface area contributed by atoms with Gasteiger partial charge in [0.1, 0.15) is 30.3 Å². The molecule has 2 aromatic heterocycles. The maximum atomic E-state index is 10.0. The van der Waals surface area contributed by atoms with Gasteiger partial charge in [-0.3, -0.25) is 8.87 Å². The van der Waals surface area contributed by atoms with Crippen molar-refractivity contribution in [2.45, 2.75) is 36.7 Å². The predicted molar refractivity (Wildman–Crippen MR) is 179 cm³/mol. The molecule has 4 heterocycles. The molecule has 0 radical (unpaired) electrons. The van der Waals surface area contributed by atoms with E-state index in [-0.39, 0.29) is 6.10 Å². The van der Waals surface area contributed by atoms with Gasteiger partial charge >= 0.3 is 0 Å². The second-order valence-corrected chi connectivity index (χ2v) is 12.5. The van der Waals surface area contributed by atoms with E-state index in [0.29, 0.717) is 31.1 Å². The summed E-state index contributed by atoms with van der Waals surface area (Å²) in [4.78, 5) is 8.43. The zero-order valence-corrected chi connectivity index (χ0v) is 26.0. The van der Waals surface area contributed by atoms with E-state index >= 15 is 0 Å². The first-order chi connectivity index (χ1) is 22.2. The van der Waals surface area contributed by atoms with Crippen molar-refractivity contribution >= 4 is 23.0 Å². The summed E-state index contributed by atoms with van der Waals surface area (Å²) in [5, 5.41) is 11.1. The van der Waals surface area contributed by atoms with E-state index < -0.39 is 0 Å². The Hall–Kier alpha value is -4.29. The quantitative estimate of drug-likeness (QED) is 0.158. The molecule has 5 aromatic rings. The Morgan fingerprint density at radius 3 is 2.47 bits per heavy atom. The molecule has 0 atom stereocenters. The van der Waals surface area contributed by atoms with E-state index in [4.69, 9.17) is 19.2 Å². The van der Waals surface area contributed by atoms with E-state index in [9.17, 15) is 5.26 Å². The Morgan fingerprint density at radius 2 is 1.69 bits per heavy atom. The topological polar surface area (TPSA) is 72.5 Å². The summed E-state index contributed by atoms with van der Waals surface area (Å²) in [5.74, 6) is 1.50. The maximum absolute atomic E-state index is 10.0. The molecule has 0 bridgehead atoms. The highest BCUT2D eigenvalue weighted by Gasteiger charge is 2.20. The molecule has 0 amide bonds. The fraction of sp³-hybridized carbons (Fsp3) is 0.297. The predicted octanol–water partition coefficient (Wildman–Crippen LogP) is 7.83. The van der Waals surface area contributed by atoms with Gasteiger partial charge in [0, 0.05) is 35.9 Å². The third kappa shape index (κ3) is 6.71. The van der Waals surface area contributed by atoms with Crippen LogP contribution in [0.25, 0.3) is 33.4 Å². The third-order valence-electron chi connectivity index (χ3n) is 8.50. The lowest BCUT2D eigenvalue weighted by Crippen LogP contribution is -2.26. The van der Waals surface area contributed by atoms with Crippen LogP contribution in [0.15, 0.2) is 96.0 Å². The number of pyridine rings is 1. The Labute approximate surface area is 268 Å². The SMILES string of the molecule is N#Cc1cc(-c2ccnc3c2cc(-c2ccc(OCCN4CCCC4)cc2)n3Sc2ccccc2)ccc1OC1CCOCC1. The lowest BCUT2D eigenvalue weighted by atomic mass is 10.0. The average Bonchev–Trinajstić information content (AvgIpc) is 3.75. The standard InChI is InChI=1S/C37H36N4O3S/c38-26-29-24-28(10-13-36(29)44-31-15-21-42-22-16-31)33-14-17-39-37-34(33)25-35(41(37)45-32-6-2-1-3-7-32)27-8-11-30(12-9-27)43-23-20-40-18-4-5-19-40/h1-3,6-14,17,24-25,31H,4-5,15-16,18-23H2. The molecule has 0 N–H and O–H groups in total. The number of nitrogens with zero attached hydrogens (tertiary/aromatic N) is 4. The number of fused-ring (bicyclic) bond motifs is 1. The van der Waals surface area contributed by atoms with Crippen molar-refractivity contribution in [2.24, 2.45) is 0 Å². The molecule has 45 heavy (non-hydrogen) atoms. The molecule has 2 aliphatic rings. The molecule has 0 spiro atoms. The molecule has 8 heteroatoms. The van der Waals surface area contributed by atoms with Gasteiger partial charge in [-0.2, -0.15) is 5.26 Å². The summed E-state index contributed by atoms with van der Waals surface area (Å²) in [6.07, 6.45) is 6.15. The lowest BCUT2D eigenvalue weighted by Gasteiger charge is -2.23. The van der Waals surface area contributed by atoms with Crippen LogP contribution in [0.4, 0.5) is 0 Å². The summed E-state index contributed by atoms with van der Waals surface area (Å²) >= 11 is 1.65. The molecule has 2 aliphatic heterocycles. The number of benzene rings is 3. The van der Waals surface area contributed by atoms with Gasteiger partial charge in [0.25, 0.3) is 0 Å². The molecular formula is C37H36N4O3S. The monoisotopic (exact) mass is 616 g/mol. The molecule has 0 saturated carbocycles. The fourth-order valence-corrected chi connectivity index (χ4v) is 7.07. The summed E-state index contributed by atoms with van der Waals surface area (Å²) in [6.45, 7) is 5.39. The van der Waals surface area contributed by atoms with Gasteiger partial charge in [-0.25, -0.2) is 4.98 Å².